The molecule has 4 rings (SSSR count). The van der Waals surface area contributed by atoms with Crippen molar-refractivity contribution in [2.24, 2.45) is 0 Å². The lowest BCUT2D eigenvalue weighted by Gasteiger charge is -2.40. The third-order valence-corrected chi connectivity index (χ3v) is 5.00. The summed E-state index contributed by atoms with van der Waals surface area (Å²) in [6.45, 7) is 2.50. The van der Waals surface area contributed by atoms with Gasteiger partial charge in [-0.15, -0.1) is 0 Å². The van der Waals surface area contributed by atoms with Crippen LogP contribution in [0.25, 0.3) is 0 Å². The number of benzene rings is 1. The lowest BCUT2D eigenvalue weighted by Crippen LogP contribution is -2.55. The van der Waals surface area contributed by atoms with E-state index in [0.29, 0.717) is 44.8 Å². The van der Waals surface area contributed by atoms with Crippen molar-refractivity contribution in [3.05, 3.63) is 54.4 Å². The Hall–Kier alpha value is -3.00. The Morgan fingerprint density at radius 1 is 1.04 bits per heavy atom. The smallest absolute Gasteiger partial charge is 0.321 e. The Bertz CT molecular complexity index is 817. The maximum Gasteiger partial charge on any atom is 0.321 e. The van der Waals surface area contributed by atoms with Gasteiger partial charge in [0.15, 0.2) is 0 Å². The Labute approximate surface area is 157 Å². The molecule has 2 aliphatic heterocycles. The van der Waals surface area contributed by atoms with Gasteiger partial charge in [-0.3, -0.25) is 4.79 Å². The van der Waals surface area contributed by atoms with Gasteiger partial charge in [-0.2, -0.15) is 10.2 Å². The van der Waals surface area contributed by atoms with Gasteiger partial charge in [0.2, 0.25) is 0 Å². The standard InChI is InChI=1S/C19H21N5O3/c25-17(15-6-8-20-21-12-15)23-10-11-27-19(13-23)7-9-24(14-19)18(26)22-16-4-2-1-3-5-16/h1-6,8,12H,7,9-11,13-14H2,(H,22,26). The van der Waals surface area contributed by atoms with Gasteiger partial charge in [0.25, 0.3) is 5.91 Å². The van der Waals surface area contributed by atoms with Crippen molar-refractivity contribution in [1.29, 1.82) is 0 Å². The second-order valence-electron chi connectivity index (χ2n) is 6.86. The van der Waals surface area contributed by atoms with E-state index in [9.17, 15) is 9.59 Å². The van der Waals surface area contributed by atoms with Crippen LogP contribution >= 0.6 is 0 Å². The molecule has 1 atom stereocenters. The highest BCUT2D eigenvalue weighted by Gasteiger charge is 2.45. The van der Waals surface area contributed by atoms with Gasteiger partial charge in [-0.05, 0) is 24.6 Å². The Morgan fingerprint density at radius 2 is 1.85 bits per heavy atom. The average molecular weight is 367 g/mol. The van der Waals surface area contributed by atoms with Crippen LogP contribution in [-0.4, -0.2) is 70.3 Å². The van der Waals surface area contributed by atoms with Crippen molar-refractivity contribution in [3.63, 3.8) is 0 Å². The number of amides is 3. The summed E-state index contributed by atoms with van der Waals surface area (Å²) in [5.41, 5.74) is 0.760. The van der Waals surface area contributed by atoms with Crippen LogP contribution in [-0.2, 0) is 4.74 Å². The van der Waals surface area contributed by atoms with Crippen LogP contribution in [0.15, 0.2) is 48.8 Å². The Balaban J connectivity index is 1.40. The molecule has 1 unspecified atom stereocenters. The van der Waals surface area contributed by atoms with Crippen molar-refractivity contribution < 1.29 is 14.3 Å². The number of hydrogen-bond donors (Lipinski definition) is 1. The largest absolute Gasteiger partial charge is 0.369 e. The molecule has 140 valence electrons. The van der Waals surface area contributed by atoms with Crippen LogP contribution < -0.4 is 5.32 Å². The van der Waals surface area contributed by atoms with Gasteiger partial charge in [0.05, 0.1) is 37.7 Å². The zero-order valence-corrected chi connectivity index (χ0v) is 14.9. The molecule has 2 aromatic rings. The van der Waals surface area contributed by atoms with Crippen molar-refractivity contribution in [1.82, 2.24) is 20.0 Å². The molecule has 0 bridgehead atoms. The number of para-hydroxylation sites is 1. The SMILES string of the molecule is O=C(Nc1ccccc1)N1CCC2(C1)CN(C(=O)c1ccnnc1)CCO2. The number of carbonyl (C=O) groups excluding carboxylic acids is 2. The van der Waals surface area contributed by atoms with Gasteiger partial charge >= 0.3 is 6.03 Å². The molecule has 2 fully saturated rings. The van der Waals surface area contributed by atoms with Gasteiger partial charge in [0, 0.05) is 18.8 Å². The first-order valence-electron chi connectivity index (χ1n) is 8.96. The molecule has 3 heterocycles. The monoisotopic (exact) mass is 367 g/mol. The van der Waals surface area contributed by atoms with E-state index < -0.39 is 5.60 Å². The van der Waals surface area contributed by atoms with Crippen LogP contribution in [0.2, 0.25) is 0 Å². The topological polar surface area (TPSA) is 87.7 Å². The van der Waals surface area contributed by atoms with E-state index in [2.05, 4.69) is 15.5 Å². The molecule has 8 nitrogen and oxygen atoms in total. The molecule has 1 N–H and O–H groups in total. The van der Waals surface area contributed by atoms with Crippen LogP contribution in [0, 0.1) is 0 Å². The minimum absolute atomic E-state index is 0.0836. The zero-order chi connectivity index (χ0) is 18.7. The molecule has 27 heavy (non-hydrogen) atoms. The van der Waals surface area contributed by atoms with Crippen molar-refractivity contribution in [2.75, 3.05) is 38.1 Å². The number of rotatable bonds is 2. The Kier molecular flexibility index (Phi) is 4.72. The summed E-state index contributed by atoms with van der Waals surface area (Å²) in [5, 5.41) is 10.4. The molecule has 0 radical (unpaired) electrons. The molecular weight excluding hydrogens is 346 g/mol. The molecule has 1 spiro atoms. The lowest BCUT2D eigenvalue weighted by atomic mass is 10.00. The quantitative estimate of drug-likeness (QED) is 0.872. The van der Waals surface area contributed by atoms with Crippen LogP contribution in [0.5, 0.6) is 0 Å². The van der Waals surface area contributed by atoms with E-state index in [-0.39, 0.29) is 11.9 Å². The molecule has 1 aromatic heterocycles. The van der Waals surface area contributed by atoms with E-state index in [4.69, 9.17) is 4.74 Å². The summed E-state index contributed by atoms with van der Waals surface area (Å²) < 4.78 is 6.03. The van der Waals surface area contributed by atoms with Crippen molar-refractivity contribution in [3.8, 4) is 0 Å². The molecule has 0 aliphatic carbocycles. The first-order chi connectivity index (χ1) is 13.2. The highest BCUT2D eigenvalue weighted by Crippen LogP contribution is 2.30. The molecular formula is C19H21N5O3. The number of likely N-dealkylation sites (tertiary alicyclic amines) is 1. The number of hydrogen-bond acceptors (Lipinski definition) is 5. The Morgan fingerprint density at radius 3 is 2.63 bits per heavy atom. The summed E-state index contributed by atoms with van der Waals surface area (Å²) in [5.74, 6) is -0.0836. The minimum Gasteiger partial charge on any atom is -0.369 e. The number of urea groups is 1. The summed E-state index contributed by atoms with van der Waals surface area (Å²) in [4.78, 5) is 28.8. The normalized spacial score (nSPS) is 22.1. The molecule has 8 heteroatoms. The van der Waals surface area contributed by atoms with Crippen LogP contribution in [0.4, 0.5) is 10.5 Å². The maximum atomic E-state index is 12.7. The van der Waals surface area contributed by atoms with Gasteiger partial charge in [-0.25, -0.2) is 4.79 Å². The number of nitrogens with zero attached hydrogens (tertiary/aromatic N) is 4. The number of nitrogens with one attached hydrogen (secondary N) is 1. The third-order valence-electron chi connectivity index (χ3n) is 5.00. The second kappa shape index (κ2) is 7.32. The van der Waals surface area contributed by atoms with Gasteiger partial charge in [-0.1, -0.05) is 18.2 Å². The second-order valence-corrected chi connectivity index (χ2v) is 6.86. The first-order valence-corrected chi connectivity index (χ1v) is 8.96. The first kappa shape index (κ1) is 17.4. The summed E-state index contributed by atoms with van der Waals surface area (Å²) in [6, 6.07) is 10.9. The highest BCUT2D eigenvalue weighted by atomic mass is 16.5. The van der Waals surface area contributed by atoms with Gasteiger partial charge < -0.3 is 19.9 Å². The maximum absolute atomic E-state index is 12.7. The van der Waals surface area contributed by atoms with Crippen molar-refractivity contribution in [2.45, 2.75) is 12.0 Å². The lowest BCUT2D eigenvalue weighted by molar-refractivity contribution is -0.0900. The highest BCUT2D eigenvalue weighted by molar-refractivity contribution is 5.94. The summed E-state index contributed by atoms with van der Waals surface area (Å²) in [6.07, 6.45) is 3.68. The number of carbonyl (C=O) groups is 2. The van der Waals surface area contributed by atoms with Crippen LogP contribution in [0.3, 0.4) is 0 Å². The van der Waals surface area contributed by atoms with Gasteiger partial charge in [0.1, 0.15) is 5.60 Å². The van der Waals surface area contributed by atoms with E-state index in [1.165, 1.54) is 12.4 Å². The fourth-order valence-corrected chi connectivity index (χ4v) is 3.61. The minimum atomic E-state index is -0.512. The number of morpholine rings is 1. The number of anilines is 1. The average Bonchev–Trinajstić information content (AvgIpc) is 3.12. The molecule has 0 saturated carbocycles. The fourth-order valence-electron chi connectivity index (χ4n) is 3.61. The number of aromatic nitrogens is 2. The van der Waals surface area contributed by atoms with Crippen molar-refractivity contribution >= 4 is 17.6 Å². The third kappa shape index (κ3) is 3.75. The molecule has 2 aliphatic rings. The fraction of sp³-hybridized carbons (Fsp3) is 0.368. The summed E-state index contributed by atoms with van der Waals surface area (Å²) in [7, 11) is 0. The van der Waals surface area contributed by atoms with E-state index in [0.717, 1.165) is 5.69 Å². The number of ether oxygens (including phenoxy) is 1. The predicted octanol–water partition coefficient (Wildman–Crippen LogP) is 1.63. The molecule has 1 aromatic carbocycles. The zero-order valence-electron chi connectivity index (χ0n) is 14.9. The van der Waals surface area contributed by atoms with Crippen LogP contribution in [0.1, 0.15) is 16.8 Å². The molecule has 3 amide bonds. The summed E-state index contributed by atoms with van der Waals surface area (Å²) >= 11 is 0. The van der Waals surface area contributed by atoms with E-state index >= 15 is 0 Å². The van der Waals surface area contributed by atoms with E-state index in [1.807, 2.05) is 30.3 Å². The molecule has 2 saturated heterocycles. The predicted molar refractivity (Wildman–Crippen MR) is 98.3 cm³/mol. The van der Waals surface area contributed by atoms with E-state index in [1.54, 1.807) is 15.9 Å².